The van der Waals surface area contributed by atoms with E-state index in [0.717, 1.165) is 38.8 Å². The number of phenolic OH excluding ortho intramolecular Hbond substituents is 2. The molecule has 2 fully saturated rings. The SMILES string of the molecule is CC(=O)O.N=C(N)NCCCC1NC(=O)[C@H](Cc2ccc(O)cc2)NC(=O)[C@@H]2CCCN2C(=O)C(CCCNC(N)=O)NC(=O)[C@H](CCCCN)NC(=O)C(CCCNC(N)=O)NC(=O)[C@H](Cc2ccc(O)cc2)NC(=O)[C@@H](NC(=O)[C@H](Cc2ccc3ccccc3c2)NC(=O)[C@H](CCCNC(=N)N)NC(=O)[C@@H](N)CCCNC(=N)N)CSSCC(C(=O)N[C@@H](CCCNC(=N)N)C(N)=O)NC(=O)[C@@H](CCCNC(N)=O)NC1=O. The summed E-state index contributed by atoms with van der Waals surface area (Å²) in [6.07, 6.45) is -2.65. The van der Waals surface area contributed by atoms with Gasteiger partial charge in [-0.05, 0) is 180 Å². The van der Waals surface area contributed by atoms with E-state index in [9.17, 15) is 34.2 Å². The fourth-order valence-electron chi connectivity index (χ4n) is 15.5. The van der Waals surface area contributed by atoms with E-state index < -0.39 is 234 Å². The second-order valence-electron chi connectivity index (χ2n) is 35.2. The molecule has 14 atom stereocenters. The van der Waals surface area contributed by atoms with Gasteiger partial charge in [-0.1, -0.05) is 88.3 Å². The first-order valence-electron chi connectivity index (χ1n) is 48.4. The fourth-order valence-corrected chi connectivity index (χ4v) is 17.9. The number of rotatable bonds is 47. The minimum Gasteiger partial charge on any atom is -0.508 e. The molecule has 149 heavy (non-hydrogen) atoms. The number of aromatic hydroxyl groups is 2. The Morgan fingerprint density at radius 2 is 0.799 bits per heavy atom. The first-order chi connectivity index (χ1) is 70.8. The highest BCUT2D eigenvalue weighted by atomic mass is 33.1. The number of nitrogens with two attached hydrogens (primary N) is 10. The van der Waals surface area contributed by atoms with Crippen LogP contribution in [0.1, 0.15) is 146 Å². The van der Waals surface area contributed by atoms with E-state index in [4.69, 9.17) is 88.9 Å². The van der Waals surface area contributed by atoms with Crippen LogP contribution in [0.5, 0.6) is 11.5 Å². The molecule has 57 heteroatoms. The summed E-state index contributed by atoms with van der Waals surface area (Å²) in [6.45, 7) is 0.495. The summed E-state index contributed by atoms with van der Waals surface area (Å²) in [5.74, 6) is -18.7. The van der Waals surface area contributed by atoms with Crippen molar-refractivity contribution < 1.29 is 102 Å². The zero-order chi connectivity index (χ0) is 110. The molecule has 46 N–H and O–H groups in total. The average molecular weight is 2130 g/mol. The van der Waals surface area contributed by atoms with Crippen LogP contribution in [0.2, 0.25) is 0 Å². The summed E-state index contributed by atoms with van der Waals surface area (Å²) in [7, 11) is 1.48. The fraction of sp³-hybridized carbons (Fsp3) is 0.522. The highest BCUT2D eigenvalue weighted by Crippen LogP contribution is 2.27. The van der Waals surface area contributed by atoms with Crippen molar-refractivity contribution in [1.82, 2.24) is 106 Å². The molecule has 0 spiro atoms. The van der Waals surface area contributed by atoms with E-state index in [1.54, 1.807) is 36.4 Å². The number of amides is 20. The predicted octanol–water partition coefficient (Wildman–Crippen LogP) is -7.09. The Bertz CT molecular complexity index is 5210. The number of fused-ring (bicyclic) bond motifs is 2. The molecule has 4 unspecified atom stereocenters. The Morgan fingerprint density at radius 3 is 1.26 bits per heavy atom. The van der Waals surface area contributed by atoms with Gasteiger partial charge in [-0.15, -0.1) is 0 Å². The Kier molecular flexibility index (Phi) is 55.2. The first-order valence-corrected chi connectivity index (χ1v) is 50.9. The van der Waals surface area contributed by atoms with Crippen molar-refractivity contribution in [2.24, 2.45) is 57.3 Å². The third-order valence-electron chi connectivity index (χ3n) is 23.2. The van der Waals surface area contributed by atoms with Gasteiger partial charge >= 0.3 is 18.1 Å². The van der Waals surface area contributed by atoms with Crippen LogP contribution in [0, 0.1) is 21.6 Å². The minimum absolute atomic E-state index is 0.00412. The third-order valence-corrected chi connectivity index (χ3v) is 25.6. The number of primary amides is 4. The van der Waals surface area contributed by atoms with Gasteiger partial charge in [0.05, 0.1) is 6.04 Å². The van der Waals surface area contributed by atoms with Crippen molar-refractivity contribution in [1.29, 1.82) is 21.6 Å². The van der Waals surface area contributed by atoms with Crippen LogP contribution < -0.4 is 158 Å². The normalized spacial score (nSPS) is 19.7. The van der Waals surface area contributed by atoms with Crippen molar-refractivity contribution in [3.8, 4) is 11.5 Å². The van der Waals surface area contributed by atoms with Gasteiger partial charge in [0, 0.05) is 90.0 Å². The number of guanidine groups is 4. The molecule has 55 nitrogen and oxygen atoms in total. The largest absolute Gasteiger partial charge is 0.508 e. The molecule has 0 saturated carbocycles. The molecule has 2 saturated heterocycles. The van der Waals surface area contributed by atoms with Crippen LogP contribution in [0.25, 0.3) is 10.8 Å². The number of hydrogen-bond donors (Lipinski definition) is 36. The van der Waals surface area contributed by atoms with Crippen molar-refractivity contribution in [2.45, 2.75) is 233 Å². The molecule has 0 radical (unpaired) electrons. The van der Waals surface area contributed by atoms with Crippen LogP contribution in [0.15, 0.2) is 91.0 Å². The molecule has 2 aliphatic rings. The second-order valence-corrected chi connectivity index (χ2v) is 37.7. The van der Waals surface area contributed by atoms with Gasteiger partial charge in [0.1, 0.15) is 90.0 Å². The molecule has 0 aliphatic carbocycles. The molecule has 0 bridgehead atoms. The minimum atomic E-state index is -1.92. The van der Waals surface area contributed by atoms with Crippen LogP contribution >= 0.6 is 21.6 Å². The molecule has 2 aliphatic heterocycles. The quantitative estimate of drug-likeness (QED) is 0.00846. The number of nitrogens with one attached hydrogen (secondary N) is 23. The predicted molar refractivity (Wildman–Crippen MR) is 555 cm³/mol. The topological polar surface area (TPSA) is 955 Å². The number of carbonyl (C=O) groups excluding carboxylic acids is 17. The zero-order valence-electron chi connectivity index (χ0n) is 82.8. The molecule has 4 aromatic rings. The Hall–Kier alpha value is -15.7. The monoisotopic (exact) mass is 2130 g/mol. The lowest BCUT2D eigenvalue weighted by molar-refractivity contribution is -0.142. The van der Waals surface area contributed by atoms with E-state index in [1.807, 2.05) is 6.07 Å². The number of phenols is 2. The van der Waals surface area contributed by atoms with Crippen LogP contribution in [0.3, 0.4) is 0 Å². The third kappa shape index (κ3) is 48.5. The highest BCUT2D eigenvalue weighted by Gasteiger charge is 2.43. The maximum Gasteiger partial charge on any atom is 0.312 e. The van der Waals surface area contributed by atoms with E-state index >= 15 is 57.5 Å². The molecule has 6 rings (SSSR count). The lowest BCUT2D eigenvalue weighted by atomic mass is 10.00. The number of benzene rings is 4. The van der Waals surface area contributed by atoms with Gasteiger partial charge < -0.3 is 179 Å². The van der Waals surface area contributed by atoms with E-state index in [2.05, 4.69) is 101 Å². The number of carboxylic acid groups (broad SMARTS) is 1. The Morgan fingerprint density at radius 1 is 0.416 bits per heavy atom. The molecule has 0 aromatic heterocycles. The molecule has 20 amide bonds. The van der Waals surface area contributed by atoms with Crippen molar-refractivity contribution in [2.75, 3.05) is 70.4 Å². The summed E-state index contributed by atoms with van der Waals surface area (Å²) in [5, 5.41) is 111. The average Bonchev–Trinajstić information content (AvgIpc) is 1.72. The molecule has 2 heterocycles. The molecular weight excluding hydrogens is 1980 g/mol. The maximum atomic E-state index is 16.0. The number of unbranched alkanes of at least 4 members (excludes halogenated alkanes) is 1. The summed E-state index contributed by atoms with van der Waals surface area (Å²) >= 11 is 0. The zero-order valence-corrected chi connectivity index (χ0v) is 84.4. The first kappa shape index (κ1) is 124. The lowest BCUT2D eigenvalue weighted by Gasteiger charge is -2.31. The summed E-state index contributed by atoms with van der Waals surface area (Å²) in [6, 6.07) is -2.89. The van der Waals surface area contributed by atoms with Crippen LogP contribution in [-0.4, -0.2) is 306 Å². The Labute approximate surface area is 867 Å². The van der Waals surface area contributed by atoms with Gasteiger partial charge in [-0.3, -0.25) is 93.6 Å². The number of nitrogens with zero attached hydrogens (tertiary/aromatic N) is 1. The smallest absolute Gasteiger partial charge is 0.312 e. The van der Waals surface area contributed by atoms with Gasteiger partial charge in [-0.25, -0.2) is 14.4 Å². The van der Waals surface area contributed by atoms with Crippen LogP contribution in [0.4, 0.5) is 14.4 Å². The van der Waals surface area contributed by atoms with Crippen molar-refractivity contribution >= 4 is 163 Å². The van der Waals surface area contributed by atoms with E-state index in [1.165, 1.54) is 48.5 Å². The molecular formula is C92H144N34O21S2. The number of urea groups is 3. The summed E-state index contributed by atoms with van der Waals surface area (Å²) in [5.41, 5.74) is 57.9. The number of carbonyl (C=O) groups is 18. The second kappa shape index (κ2) is 66.4. The summed E-state index contributed by atoms with van der Waals surface area (Å²) < 4.78 is 0. The standard InChI is InChI=1S/C90H140N34O19S2.C2H4O2/c91-34-4-3-16-58-74(131)118-63(22-11-41-111-90(104)143)83(140)124-42-12-23-69(124)82(139)121-65(45-50-27-32-55(126)33-28-50)78(135)117-60(19-8-38-108-87(100)101)73(130)115-62(21-10-40-110-89(103)142)76(133)122-67(80(137)112-57(70(93)127)17-6-36-106-85(96)97)47-144-145-48-68(81(138)120-64(44-49-25-30-54(125)31-26-49)77(134)116-61(72(129)114-58)20-9-39-109-88(102)141)123-79(136)66(46-51-24-29-52-13-1-2-14-53(52)43-51)119-75(132)59(18-7-37-107-86(98)99)113-71(128)56(92)15-5-35-105-84(94)95;1-2(3)4/h1-2,13-14,24-33,43,56-69,125-126H,3-12,15-23,34-42,44-48,91-92H2,(H2,93,127)(H,112,137)(H,113,128)(H,114,129)(H,115,130)(H,116,134)(H,117,135)(H,118,131)(H,119,132)(H,120,138)(H,121,139)(H,122,133)(H,123,136)(H4,94,95,105)(H4,96,97,106)(H4,98,99,107)(H4,100,101,108)(H3,102,109,141)(H3,103,110,142)(H3,104,111,143);1H3,(H,3,4)/t56-,57-,58-,59-,60?,61?,62+,63?,64-,65-,66-,67?,68-,69-;/m0./s1. The van der Waals surface area contributed by atoms with Gasteiger partial charge in [0.2, 0.25) is 82.7 Å². The van der Waals surface area contributed by atoms with E-state index in [0.29, 0.717) is 16.5 Å². The van der Waals surface area contributed by atoms with Gasteiger partial charge in [0.25, 0.3) is 5.97 Å². The lowest BCUT2D eigenvalue weighted by Crippen LogP contribution is -2.61. The van der Waals surface area contributed by atoms with Gasteiger partial charge in [-0.2, -0.15) is 0 Å². The highest BCUT2D eigenvalue weighted by molar-refractivity contribution is 8.76. The number of aliphatic carboxylic acids is 1. The van der Waals surface area contributed by atoms with Crippen LogP contribution in [-0.2, 0) is 91.2 Å². The number of hydrogen-bond acceptors (Lipinski definition) is 28. The number of carboxylic acids is 1. The molecule has 4 aromatic carbocycles. The summed E-state index contributed by atoms with van der Waals surface area (Å²) in [4.78, 5) is 259. The van der Waals surface area contributed by atoms with Crippen molar-refractivity contribution in [3.63, 3.8) is 0 Å². The Balaban J connectivity index is 0.00000957. The van der Waals surface area contributed by atoms with Crippen molar-refractivity contribution in [3.05, 3.63) is 108 Å². The molecule has 820 valence electrons. The van der Waals surface area contributed by atoms with Gasteiger partial charge in [0.15, 0.2) is 23.8 Å². The maximum absolute atomic E-state index is 16.0. The van der Waals surface area contributed by atoms with E-state index in [-0.39, 0.29) is 210 Å².